The van der Waals surface area contributed by atoms with Crippen molar-refractivity contribution in [2.45, 2.75) is 19.8 Å². The van der Waals surface area contributed by atoms with Crippen molar-refractivity contribution in [3.05, 3.63) is 33.8 Å². The average molecular weight is 275 g/mol. The first-order valence-corrected chi connectivity index (χ1v) is 6.38. The second-order valence-corrected chi connectivity index (χ2v) is 5.17. The third kappa shape index (κ3) is 1.84. The maximum absolute atomic E-state index is 12.4. The molecular weight excluding hydrogens is 262 g/mol. The van der Waals surface area contributed by atoms with Gasteiger partial charge in [-0.25, -0.2) is 4.79 Å². The number of ketones is 1. The lowest BCUT2D eigenvalue weighted by atomic mass is 9.70. The molecular formula is C14H13NO5. The zero-order valence-corrected chi connectivity index (χ0v) is 10.8. The van der Waals surface area contributed by atoms with Crippen LogP contribution in [0.3, 0.4) is 0 Å². The summed E-state index contributed by atoms with van der Waals surface area (Å²) in [5, 5.41) is 9.01. The summed E-state index contributed by atoms with van der Waals surface area (Å²) in [7, 11) is 0. The molecule has 0 amide bonds. The van der Waals surface area contributed by atoms with Crippen LogP contribution in [0.4, 0.5) is 0 Å². The molecule has 20 heavy (non-hydrogen) atoms. The molecule has 0 aliphatic heterocycles. The number of fused-ring (bicyclic) bond motifs is 1. The van der Waals surface area contributed by atoms with Gasteiger partial charge in [-0.2, -0.15) is 0 Å². The van der Waals surface area contributed by atoms with E-state index in [9.17, 15) is 14.4 Å². The number of aromatic amines is 1. The van der Waals surface area contributed by atoms with Gasteiger partial charge in [0.15, 0.2) is 11.4 Å². The Morgan fingerprint density at radius 2 is 2.00 bits per heavy atom. The number of carboxylic acid groups (broad SMARTS) is 1. The first kappa shape index (κ1) is 12.7. The number of Topliss-reactive ketones (excluding diaryl/α,β-unsaturated/α-hetero) is 1. The van der Waals surface area contributed by atoms with Crippen LogP contribution in [0.2, 0.25) is 0 Å². The van der Waals surface area contributed by atoms with E-state index in [4.69, 9.17) is 9.52 Å². The number of aliphatic carboxylic acids is 1. The van der Waals surface area contributed by atoms with Crippen LogP contribution < -0.4 is 5.76 Å². The molecule has 1 aromatic heterocycles. The molecule has 1 aliphatic rings. The fourth-order valence-electron chi connectivity index (χ4n) is 2.69. The fourth-order valence-corrected chi connectivity index (χ4v) is 2.69. The average Bonchev–Trinajstić information content (AvgIpc) is 2.67. The molecule has 1 aromatic carbocycles. The van der Waals surface area contributed by atoms with Gasteiger partial charge >= 0.3 is 11.7 Å². The zero-order chi connectivity index (χ0) is 14.4. The van der Waals surface area contributed by atoms with Crippen molar-refractivity contribution in [1.29, 1.82) is 0 Å². The topological polar surface area (TPSA) is 100 Å². The number of rotatable bonds is 3. The monoisotopic (exact) mass is 275 g/mol. The standard InChI is InChI=1S/C14H13NO5/c1-6-4-7(5-10-11(6)15-14(19)20-10)12(16)8-2-3-9(8)13(17)18/h4-5,8-9H,2-3H2,1H3,(H,15,19)(H,17,18). The number of carbonyl (C=O) groups excluding carboxylic acids is 1. The molecule has 1 aliphatic carbocycles. The molecule has 6 nitrogen and oxygen atoms in total. The highest BCUT2D eigenvalue weighted by Gasteiger charge is 2.41. The molecule has 0 spiro atoms. The van der Waals surface area contributed by atoms with E-state index >= 15 is 0 Å². The lowest BCUT2D eigenvalue weighted by Gasteiger charge is -2.32. The van der Waals surface area contributed by atoms with Gasteiger partial charge in [0.2, 0.25) is 0 Å². The molecule has 2 aromatic rings. The molecule has 2 atom stereocenters. The normalized spacial score (nSPS) is 21.6. The highest BCUT2D eigenvalue weighted by Crippen LogP contribution is 2.37. The molecule has 1 fully saturated rings. The highest BCUT2D eigenvalue weighted by atomic mass is 16.4. The Bertz CT molecular complexity index is 769. The molecule has 0 radical (unpaired) electrons. The Labute approximate surface area is 113 Å². The Kier molecular flexibility index (Phi) is 2.74. The third-order valence-electron chi connectivity index (χ3n) is 3.94. The summed E-state index contributed by atoms with van der Waals surface area (Å²) >= 11 is 0. The number of nitrogens with one attached hydrogen (secondary N) is 1. The van der Waals surface area contributed by atoms with Crippen LogP contribution in [-0.2, 0) is 4.79 Å². The number of aryl methyl sites for hydroxylation is 1. The zero-order valence-electron chi connectivity index (χ0n) is 10.8. The minimum absolute atomic E-state index is 0.197. The van der Waals surface area contributed by atoms with Crippen molar-refractivity contribution in [3.8, 4) is 0 Å². The number of hydrogen-bond donors (Lipinski definition) is 2. The van der Waals surface area contributed by atoms with Crippen LogP contribution in [0, 0.1) is 18.8 Å². The lowest BCUT2D eigenvalue weighted by molar-refractivity contribution is -0.146. The van der Waals surface area contributed by atoms with Gasteiger partial charge in [-0.1, -0.05) is 0 Å². The molecule has 3 rings (SSSR count). The second kappa shape index (κ2) is 4.33. The Morgan fingerprint density at radius 1 is 1.30 bits per heavy atom. The van der Waals surface area contributed by atoms with Crippen LogP contribution in [0.15, 0.2) is 21.3 Å². The summed E-state index contributed by atoms with van der Waals surface area (Å²) in [5.41, 5.74) is 2.01. The molecule has 1 saturated carbocycles. The number of oxazole rings is 1. The highest BCUT2D eigenvalue weighted by molar-refractivity contribution is 6.03. The Hall–Kier alpha value is -2.37. The van der Waals surface area contributed by atoms with E-state index in [1.807, 2.05) is 0 Å². The number of benzene rings is 1. The molecule has 6 heteroatoms. The van der Waals surface area contributed by atoms with E-state index in [1.165, 1.54) is 6.07 Å². The summed E-state index contributed by atoms with van der Waals surface area (Å²) in [6, 6.07) is 3.16. The number of carbonyl (C=O) groups is 2. The van der Waals surface area contributed by atoms with Crippen molar-refractivity contribution in [1.82, 2.24) is 4.98 Å². The second-order valence-electron chi connectivity index (χ2n) is 5.17. The summed E-state index contributed by atoms with van der Waals surface area (Å²) in [6.45, 7) is 1.76. The van der Waals surface area contributed by atoms with Gasteiger partial charge in [-0.3, -0.25) is 14.6 Å². The number of hydrogen-bond acceptors (Lipinski definition) is 4. The van der Waals surface area contributed by atoms with Gasteiger partial charge < -0.3 is 9.52 Å². The minimum atomic E-state index is -0.930. The predicted octanol–water partition coefficient (Wildman–Crippen LogP) is 1.72. The lowest BCUT2D eigenvalue weighted by Crippen LogP contribution is -2.38. The minimum Gasteiger partial charge on any atom is -0.481 e. The van der Waals surface area contributed by atoms with Crippen LogP contribution in [-0.4, -0.2) is 21.8 Å². The van der Waals surface area contributed by atoms with Gasteiger partial charge in [0.1, 0.15) is 0 Å². The van der Waals surface area contributed by atoms with E-state index < -0.39 is 23.6 Å². The Morgan fingerprint density at radius 3 is 2.60 bits per heavy atom. The number of aromatic nitrogens is 1. The van der Waals surface area contributed by atoms with Gasteiger partial charge in [0.05, 0.1) is 11.4 Å². The molecule has 2 N–H and O–H groups in total. The van der Waals surface area contributed by atoms with Crippen molar-refractivity contribution in [3.63, 3.8) is 0 Å². The van der Waals surface area contributed by atoms with Gasteiger partial charge in [0.25, 0.3) is 0 Å². The van der Waals surface area contributed by atoms with Crippen LogP contribution in [0.25, 0.3) is 11.1 Å². The molecule has 104 valence electrons. The van der Waals surface area contributed by atoms with Crippen LogP contribution >= 0.6 is 0 Å². The molecule has 0 bridgehead atoms. The first-order chi connectivity index (χ1) is 9.47. The molecule has 0 saturated heterocycles. The van der Waals surface area contributed by atoms with E-state index in [-0.39, 0.29) is 5.78 Å². The van der Waals surface area contributed by atoms with Gasteiger partial charge in [-0.15, -0.1) is 0 Å². The SMILES string of the molecule is Cc1cc(C(=O)C2CCC2C(=O)O)cc2oc(=O)[nH]c12. The van der Waals surface area contributed by atoms with Gasteiger partial charge in [0, 0.05) is 11.5 Å². The van der Waals surface area contributed by atoms with E-state index in [0.717, 1.165) is 5.56 Å². The number of H-pyrrole nitrogens is 1. The summed E-state index contributed by atoms with van der Waals surface area (Å²) in [4.78, 5) is 37.1. The van der Waals surface area contributed by atoms with Crippen molar-refractivity contribution < 1.29 is 19.1 Å². The van der Waals surface area contributed by atoms with Crippen molar-refractivity contribution in [2.24, 2.45) is 11.8 Å². The fraction of sp³-hybridized carbons (Fsp3) is 0.357. The maximum atomic E-state index is 12.4. The van der Waals surface area contributed by atoms with Crippen LogP contribution in [0.5, 0.6) is 0 Å². The smallest absolute Gasteiger partial charge is 0.417 e. The summed E-state index contributed by atoms with van der Waals surface area (Å²) in [5.74, 6) is -2.77. The van der Waals surface area contributed by atoms with Crippen molar-refractivity contribution in [2.75, 3.05) is 0 Å². The van der Waals surface area contributed by atoms with Gasteiger partial charge in [-0.05, 0) is 37.5 Å². The van der Waals surface area contributed by atoms with Crippen LogP contribution in [0.1, 0.15) is 28.8 Å². The van der Waals surface area contributed by atoms with E-state index in [1.54, 1.807) is 13.0 Å². The third-order valence-corrected chi connectivity index (χ3v) is 3.94. The van der Waals surface area contributed by atoms with E-state index in [2.05, 4.69) is 4.98 Å². The first-order valence-electron chi connectivity index (χ1n) is 6.38. The quantitative estimate of drug-likeness (QED) is 0.831. The van der Waals surface area contributed by atoms with E-state index in [0.29, 0.717) is 29.5 Å². The number of carboxylic acids is 1. The Balaban J connectivity index is 2.00. The maximum Gasteiger partial charge on any atom is 0.417 e. The predicted molar refractivity (Wildman–Crippen MR) is 69.8 cm³/mol. The summed E-state index contributed by atoms with van der Waals surface area (Å²) < 4.78 is 4.97. The summed E-state index contributed by atoms with van der Waals surface area (Å²) in [6.07, 6.45) is 1.12. The van der Waals surface area contributed by atoms with Crippen molar-refractivity contribution >= 4 is 22.9 Å². The largest absolute Gasteiger partial charge is 0.481 e. The molecule has 2 unspecified atom stereocenters. The molecule has 1 heterocycles.